The predicted octanol–water partition coefficient (Wildman–Crippen LogP) is 7.61. The average Bonchev–Trinajstić information content (AvgIpc) is 3.07. The summed E-state index contributed by atoms with van der Waals surface area (Å²) in [5.74, 6) is -0.550. The largest absolute Gasteiger partial charge is 0.340 e. The molecular formula is C26H18BrCl2N3O. The summed E-state index contributed by atoms with van der Waals surface area (Å²) in [5, 5.41) is 13.9. The summed E-state index contributed by atoms with van der Waals surface area (Å²) in [5.41, 5.74) is 4.28. The van der Waals surface area contributed by atoms with E-state index in [1.54, 1.807) is 24.3 Å². The number of carbonyl (C=O) groups excluding carboxylic acids is 1. The van der Waals surface area contributed by atoms with E-state index < -0.39 is 5.91 Å². The molecule has 0 spiro atoms. The van der Waals surface area contributed by atoms with Gasteiger partial charge in [-0.15, -0.1) is 0 Å². The van der Waals surface area contributed by atoms with E-state index in [-0.39, 0.29) is 10.6 Å². The molecule has 0 saturated carbocycles. The van der Waals surface area contributed by atoms with Gasteiger partial charge >= 0.3 is 0 Å². The Balaban J connectivity index is 1.74. The fourth-order valence-electron chi connectivity index (χ4n) is 3.70. The number of hydrogen-bond acceptors (Lipinski definition) is 2. The van der Waals surface area contributed by atoms with Crippen LogP contribution in [0, 0.1) is 18.3 Å². The second-order valence-corrected chi connectivity index (χ2v) is 9.16. The highest BCUT2D eigenvalue weighted by Crippen LogP contribution is 2.31. The van der Waals surface area contributed by atoms with Crippen LogP contribution < -0.4 is 5.32 Å². The Bertz CT molecular complexity index is 1430. The third-order valence-electron chi connectivity index (χ3n) is 5.39. The number of amides is 1. The molecule has 1 N–H and O–H groups in total. The number of hydrogen-bond donors (Lipinski definition) is 1. The standard InChI is InChI=1S/C26H18BrCl2N3O/c1-16-21(13-18(14-30)26(33)31-23-7-4-6-22(28)25(23)29)20-5-2-3-8-24(20)32(16)15-17-9-11-19(27)12-10-17/h2-13H,15H2,1H3,(H,31,33)/b18-13-. The van der Waals surface area contributed by atoms with Crippen LogP contribution >= 0.6 is 39.1 Å². The van der Waals surface area contributed by atoms with Crippen molar-refractivity contribution in [2.24, 2.45) is 0 Å². The van der Waals surface area contributed by atoms with E-state index in [1.807, 2.05) is 49.4 Å². The highest BCUT2D eigenvalue weighted by Gasteiger charge is 2.17. The number of para-hydroxylation sites is 1. The molecule has 4 aromatic rings. The van der Waals surface area contributed by atoms with Crippen LogP contribution in [0.4, 0.5) is 5.69 Å². The van der Waals surface area contributed by atoms with Gasteiger partial charge in [0, 0.05) is 33.2 Å². The topological polar surface area (TPSA) is 57.8 Å². The van der Waals surface area contributed by atoms with Gasteiger partial charge in [-0.2, -0.15) is 5.26 Å². The second-order valence-electron chi connectivity index (χ2n) is 7.45. The van der Waals surface area contributed by atoms with Gasteiger partial charge in [0.1, 0.15) is 11.6 Å². The third kappa shape index (κ3) is 4.84. The number of aromatic nitrogens is 1. The molecule has 1 amide bonds. The maximum atomic E-state index is 12.9. The van der Waals surface area contributed by atoms with Gasteiger partial charge in [-0.1, -0.05) is 75.5 Å². The van der Waals surface area contributed by atoms with Crippen molar-refractivity contribution < 1.29 is 4.79 Å². The molecule has 0 fully saturated rings. The molecule has 0 atom stereocenters. The molecule has 0 saturated heterocycles. The van der Waals surface area contributed by atoms with Crippen molar-refractivity contribution in [3.63, 3.8) is 0 Å². The summed E-state index contributed by atoms with van der Waals surface area (Å²) >= 11 is 15.7. The number of nitriles is 1. The van der Waals surface area contributed by atoms with E-state index in [9.17, 15) is 10.1 Å². The van der Waals surface area contributed by atoms with Crippen LogP contribution in [-0.4, -0.2) is 10.5 Å². The van der Waals surface area contributed by atoms with Gasteiger partial charge in [-0.3, -0.25) is 4.79 Å². The van der Waals surface area contributed by atoms with Crippen LogP contribution in [-0.2, 0) is 11.3 Å². The van der Waals surface area contributed by atoms with Gasteiger partial charge in [0.2, 0.25) is 0 Å². The van der Waals surface area contributed by atoms with Gasteiger partial charge < -0.3 is 9.88 Å². The fourth-order valence-corrected chi connectivity index (χ4v) is 4.31. The zero-order valence-corrected chi connectivity index (χ0v) is 20.7. The van der Waals surface area contributed by atoms with Crippen LogP contribution in [0.3, 0.4) is 0 Å². The van der Waals surface area contributed by atoms with E-state index in [0.717, 1.165) is 32.2 Å². The predicted molar refractivity (Wildman–Crippen MR) is 139 cm³/mol. The summed E-state index contributed by atoms with van der Waals surface area (Å²) < 4.78 is 3.21. The number of fused-ring (bicyclic) bond motifs is 1. The Morgan fingerprint density at radius 1 is 1.09 bits per heavy atom. The van der Waals surface area contributed by atoms with Crippen LogP contribution in [0.15, 0.2) is 76.8 Å². The van der Waals surface area contributed by atoms with Crippen molar-refractivity contribution in [2.75, 3.05) is 5.32 Å². The molecule has 3 aromatic carbocycles. The maximum absolute atomic E-state index is 12.9. The first kappa shape index (κ1) is 23.1. The number of rotatable bonds is 5. The average molecular weight is 539 g/mol. The Morgan fingerprint density at radius 2 is 1.82 bits per heavy atom. The van der Waals surface area contributed by atoms with Gasteiger partial charge in [0.25, 0.3) is 5.91 Å². The quantitative estimate of drug-likeness (QED) is 0.210. The van der Waals surface area contributed by atoms with Crippen molar-refractivity contribution in [3.8, 4) is 6.07 Å². The van der Waals surface area contributed by atoms with Crippen molar-refractivity contribution in [1.29, 1.82) is 5.26 Å². The summed E-state index contributed by atoms with van der Waals surface area (Å²) in [6.45, 7) is 2.66. The summed E-state index contributed by atoms with van der Waals surface area (Å²) in [4.78, 5) is 12.9. The normalized spacial score (nSPS) is 11.4. The number of halogens is 3. The Hall–Kier alpha value is -3.04. The van der Waals surface area contributed by atoms with Crippen LogP contribution in [0.2, 0.25) is 10.0 Å². The van der Waals surface area contributed by atoms with Gasteiger partial charge in [0.15, 0.2) is 0 Å². The summed E-state index contributed by atoms with van der Waals surface area (Å²) in [6, 6.07) is 23.1. The summed E-state index contributed by atoms with van der Waals surface area (Å²) in [7, 11) is 0. The molecule has 0 bridgehead atoms. The van der Waals surface area contributed by atoms with Crippen molar-refractivity contribution in [1.82, 2.24) is 4.57 Å². The fraction of sp³-hybridized carbons (Fsp3) is 0.0769. The second kappa shape index (κ2) is 9.84. The van der Waals surface area contributed by atoms with E-state index in [2.05, 4.69) is 37.9 Å². The first-order chi connectivity index (χ1) is 15.9. The smallest absolute Gasteiger partial charge is 0.266 e. The number of anilines is 1. The van der Waals surface area contributed by atoms with Crippen molar-refractivity contribution >= 4 is 67.7 Å². The number of carbonyl (C=O) groups is 1. The van der Waals surface area contributed by atoms with Gasteiger partial charge in [0.05, 0.1) is 15.7 Å². The van der Waals surface area contributed by atoms with E-state index >= 15 is 0 Å². The zero-order valence-electron chi connectivity index (χ0n) is 17.6. The molecule has 4 nitrogen and oxygen atoms in total. The van der Waals surface area contributed by atoms with Gasteiger partial charge in [-0.05, 0) is 48.9 Å². The molecule has 1 heterocycles. The lowest BCUT2D eigenvalue weighted by Crippen LogP contribution is -2.14. The first-order valence-corrected chi connectivity index (χ1v) is 11.6. The molecule has 0 aliphatic rings. The first-order valence-electron chi connectivity index (χ1n) is 10.1. The van der Waals surface area contributed by atoms with E-state index in [1.165, 1.54) is 0 Å². The molecular weight excluding hydrogens is 521 g/mol. The van der Waals surface area contributed by atoms with Crippen LogP contribution in [0.25, 0.3) is 17.0 Å². The number of benzene rings is 3. The lowest BCUT2D eigenvalue weighted by Gasteiger charge is -2.09. The third-order valence-corrected chi connectivity index (χ3v) is 6.73. The minimum Gasteiger partial charge on any atom is -0.340 e. The highest BCUT2D eigenvalue weighted by atomic mass is 79.9. The SMILES string of the molecule is Cc1c(/C=C(/C#N)C(=O)Nc2cccc(Cl)c2Cl)c2ccccc2n1Cc1ccc(Br)cc1. The Labute approximate surface area is 210 Å². The monoisotopic (exact) mass is 537 g/mol. The minimum atomic E-state index is -0.550. The molecule has 4 rings (SSSR count). The molecule has 7 heteroatoms. The van der Waals surface area contributed by atoms with E-state index in [4.69, 9.17) is 23.2 Å². The van der Waals surface area contributed by atoms with Crippen LogP contribution in [0.1, 0.15) is 16.8 Å². The van der Waals surface area contributed by atoms with Crippen LogP contribution in [0.5, 0.6) is 0 Å². The molecule has 0 radical (unpaired) electrons. The Kier molecular flexibility index (Phi) is 6.90. The molecule has 0 unspecified atom stereocenters. The summed E-state index contributed by atoms with van der Waals surface area (Å²) in [6.07, 6.45) is 1.63. The molecule has 33 heavy (non-hydrogen) atoms. The van der Waals surface area contributed by atoms with E-state index in [0.29, 0.717) is 17.3 Å². The maximum Gasteiger partial charge on any atom is 0.266 e. The minimum absolute atomic E-state index is 0.0271. The number of nitrogens with zero attached hydrogens (tertiary/aromatic N) is 2. The lowest BCUT2D eigenvalue weighted by molar-refractivity contribution is -0.112. The Morgan fingerprint density at radius 3 is 2.55 bits per heavy atom. The molecule has 0 aliphatic heterocycles. The van der Waals surface area contributed by atoms with Gasteiger partial charge in [-0.25, -0.2) is 0 Å². The zero-order chi connectivity index (χ0) is 23.5. The van der Waals surface area contributed by atoms with Crippen molar-refractivity contribution in [2.45, 2.75) is 13.5 Å². The lowest BCUT2D eigenvalue weighted by atomic mass is 10.1. The molecule has 1 aromatic heterocycles. The molecule has 0 aliphatic carbocycles. The van der Waals surface area contributed by atoms with Crippen molar-refractivity contribution in [3.05, 3.63) is 104 Å². The number of nitrogens with one attached hydrogen (secondary N) is 1. The molecule has 164 valence electrons. The highest BCUT2D eigenvalue weighted by molar-refractivity contribution is 9.10.